The first-order valence-electron chi connectivity index (χ1n) is 11.6. The summed E-state index contributed by atoms with van der Waals surface area (Å²) in [6, 6.07) is 12.3. The van der Waals surface area contributed by atoms with E-state index in [0.29, 0.717) is 49.9 Å². The first-order valence-corrected chi connectivity index (χ1v) is 11.6. The predicted molar refractivity (Wildman–Crippen MR) is 130 cm³/mol. The van der Waals surface area contributed by atoms with Crippen LogP contribution in [-0.4, -0.2) is 60.2 Å². The molecule has 1 saturated heterocycles. The smallest absolute Gasteiger partial charge is 0.337 e. The van der Waals surface area contributed by atoms with Crippen molar-refractivity contribution in [3.05, 3.63) is 65.0 Å². The average molecular weight is 493 g/mol. The van der Waals surface area contributed by atoms with Gasteiger partial charge in [0, 0.05) is 17.2 Å². The summed E-state index contributed by atoms with van der Waals surface area (Å²) in [5.41, 5.74) is 2.69. The summed E-state index contributed by atoms with van der Waals surface area (Å²) >= 11 is 0. The van der Waals surface area contributed by atoms with Crippen molar-refractivity contribution in [3.8, 4) is 11.4 Å². The fourth-order valence-corrected chi connectivity index (χ4v) is 4.10. The second kappa shape index (κ2) is 11.1. The molecule has 10 heteroatoms. The molecule has 0 atom stereocenters. The summed E-state index contributed by atoms with van der Waals surface area (Å²) in [6.45, 7) is 3.91. The Hall–Kier alpha value is -4.05. The Labute approximate surface area is 208 Å². The zero-order valence-electron chi connectivity index (χ0n) is 20.4. The molecular formula is C26H28N4O6. The summed E-state index contributed by atoms with van der Waals surface area (Å²) in [5.74, 6) is -0.530. The second-order valence-electron chi connectivity index (χ2n) is 8.70. The zero-order valence-corrected chi connectivity index (χ0v) is 20.4. The van der Waals surface area contributed by atoms with Gasteiger partial charge in [0.1, 0.15) is 0 Å². The Bertz CT molecular complexity index is 1210. The van der Waals surface area contributed by atoms with Crippen LogP contribution in [0.25, 0.3) is 11.4 Å². The topological polar surface area (TPSA) is 124 Å². The minimum Gasteiger partial charge on any atom is -0.465 e. The van der Waals surface area contributed by atoms with Gasteiger partial charge >= 0.3 is 11.9 Å². The van der Waals surface area contributed by atoms with Gasteiger partial charge in [0.05, 0.1) is 31.9 Å². The number of aromatic nitrogens is 2. The molecule has 0 bridgehead atoms. The van der Waals surface area contributed by atoms with E-state index < -0.39 is 11.9 Å². The number of carbonyl (C=O) groups excluding carboxylic acids is 3. The number of esters is 2. The lowest BCUT2D eigenvalue weighted by Crippen LogP contribution is -2.37. The molecule has 2 heterocycles. The Balaban J connectivity index is 1.34. The van der Waals surface area contributed by atoms with Crippen molar-refractivity contribution in [2.24, 2.45) is 5.92 Å². The standard InChI is InChI=1S/C26H28N4O6/c1-16-4-6-17(7-5-16)23-28-22(36-29-23)15-30-10-8-18(9-11-30)24(31)27-21-13-19(25(32)34-2)12-20(14-21)26(33)35-3/h4-7,12-14,18H,8-11,15H2,1-3H3,(H,27,31). The molecule has 4 rings (SSSR count). The lowest BCUT2D eigenvalue weighted by atomic mass is 9.95. The van der Waals surface area contributed by atoms with Crippen molar-refractivity contribution in [1.29, 1.82) is 0 Å². The van der Waals surface area contributed by atoms with E-state index in [9.17, 15) is 14.4 Å². The molecule has 0 aliphatic carbocycles. The van der Waals surface area contributed by atoms with Crippen molar-refractivity contribution in [3.63, 3.8) is 0 Å². The van der Waals surface area contributed by atoms with Crippen LogP contribution in [-0.2, 0) is 20.8 Å². The third kappa shape index (κ3) is 5.95. The molecule has 2 aromatic carbocycles. The third-order valence-corrected chi connectivity index (χ3v) is 6.14. The molecule has 1 amide bonds. The molecule has 188 valence electrons. The summed E-state index contributed by atoms with van der Waals surface area (Å²) in [4.78, 5) is 43.6. The van der Waals surface area contributed by atoms with Crippen LogP contribution in [0, 0.1) is 12.8 Å². The normalized spacial score (nSPS) is 14.3. The van der Waals surface area contributed by atoms with Crippen molar-refractivity contribution >= 4 is 23.5 Å². The number of ether oxygens (including phenoxy) is 2. The summed E-state index contributed by atoms with van der Waals surface area (Å²) in [7, 11) is 2.49. The fraction of sp³-hybridized carbons (Fsp3) is 0.346. The molecule has 0 radical (unpaired) electrons. The highest BCUT2D eigenvalue weighted by Gasteiger charge is 2.27. The Kier molecular flexibility index (Phi) is 7.74. The van der Waals surface area contributed by atoms with Gasteiger partial charge in [0.15, 0.2) is 0 Å². The maximum absolute atomic E-state index is 12.9. The van der Waals surface area contributed by atoms with Gasteiger partial charge in [-0.1, -0.05) is 35.0 Å². The van der Waals surface area contributed by atoms with Crippen molar-refractivity contribution in [1.82, 2.24) is 15.0 Å². The fourth-order valence-electron chi connectivity index (χ4n) is 4.10. The number of amides is 1. The molecule has 1 fully saturated rings. The zero-order chi connectivity index (χ0) is 25.7. The molecule has 1 aliphatic heterocycles. The van der Waals surface area contributed by atoms with Gasteiger partial charge in [0.25, 0.3) is 0 Å². The van der Waals surface area contributed by atoms with Crippen LogP contribution in [0.1, 0.15) is 45.0 Å². The van der Waals surface area contributed by atoms with Crippen LogP contribution in [0.15, 0.2) is 47.0 Å². The number of nitrogens with zero attached hydrogens (tertiary/aromatic N) is 3. The summed E-state index contributed by atoms with van der Waals surface area (Å²) in [6.07, 6.45) is 1.29. The Morgan fingerprint density at radius 2 is 1.61 bits per heavy atom. The summed E-state index contributed by atoms with van der Waals surface area (Å²) < 4.78 is 14.9. The van der Waals surface area contributed by atoms with Crippen LogP contribution in [0.5, 0.6) is 0 Å². The number of methoxy groups -OCH3 is 2. The number of rotatable bonds is 7. The van der Waals surface area contributed by atoms with Gasteiger partial charge in [0.2, 0.25) is 17.6 Å². The highest BCUT2D eigenvalue weighted by Crippen LogP contribution is 2.23. The van der Waals surface area contributed by atoms with E-state index in [0.717, 1.165) is 11.1 Å². The molecular weight excluding hydrogens is 464 g/mol. The number of aryl methyl sites for hydroxylation is 1. The SMILES string of the molecule is COC(=O)c1cc(NC(=O)C2CCN(Cc3nc(-c4ccc(C)cc4)no3)CC2)cc(C(=O)OC)c1. The average Bonchev–Trinajstić information content (AvgIpc) is 3.36. The van der Waals surface area contributed by atoms with Crippen LogP contribution in [0.4, 0.5) is 5.69 Å². The number of piperidine rings is 1. The van der Waals surface area contributed by atoms with Gasteiger partial charge in [-0.3, -0.25) is 9.69 Å². The molecule has 1 N–H and O–H groups in total. The van der Waals surface area contributed by atoms with Crippen molar-refractivity contribution in [2.45, 2.75) is 26.3 Å². The highest BCUT2D eigenvalue weighted by molar-refractivity contribution is 6.00. The van der Waals surface area contributed by atoms with E-state index in [4.69, 9.17) is 14.0 Å². The highest BCUT2D eigenvalue weighted by atomic mass is 16.5. The van der Waals surface area contributed by atoms with E-state index in [1.165, 1.54) is 32.4 Å². The minimum atomic E-state index is -0.615. The van der Waals surface area contributed by atoms with Crippen LogP contribution in [0.3, 0.4) is 0 Å². The molecule has 0 unspecified atom stereocenters. The molecule has 10 nitrogen and oxygen atoms in total. The largest absolute Gasteiger partial charge is 0.465 e. The number of anilines is 1. The van der Waals surface area contributed by atoms with Crippen LogP contribution in [0.2, 0.25) is 0 Å². The van der Waals surface area contributed by atoms with Crippen molar-refractivity contribution in [2.75, 3.05) is 32.6 Å². The molecule has 0 saturated carbocycles. The Morgan fingerprint density at radius 1 is 1.00 bits per heavy atom. The number of likely N-dealkylation sites (tertiary alicyclic amines) is 1. The minimum absolute atomic E-state index is 0.148. The van der Waals surface area contributed by atoms with Gasteiger partial charge in [-0.05, 0) is 51.1 Å². The maximum atomic E-state index is 12.9. The van der Waals surface area contributed by atoms with E-state index >= 15 is 0 Å². The first kappa shape index (κ1) is 25.1. The van der Waals surface area contributed by atoms with Crippen LogP contribution >= 0.6 is 0 Å². The number of nitrogens with one attached hydrogen (secondary N) is 1. The molecule has 3 aromatic rings. The van der Waals surface area contributed by atoms with Crippen LogP contribution < -0.4 is 5.32 Å². The number of hydrogen-bond acceptors (Lipinski definition) is 9. The first-order chi connectivity index (χ1) is 17.4. The number of carbonyl (C=O) groups is 3. The third-order valence-electron chi connectivity index (χ3n) is 6.14. The lowest BCUT2D eigenvalue weighted by Gasteiger charge is -2.30. The van der Waals surface area contributed by atoms with E-state index in [-0.39, 0.29) is 23.0 Å². The van der Waals surface area contributed by atoms with E-state index in [2.05, 4.69) is 20.4 Å². The quantitative estimate of drug-likeness (QED) is 0.494. The molecule has 0 spiro atoms. The monoisotopic (exact) mass is 492 g/mol. The molecule has 1 aliphatic rings. The second-order valence-corrected chi connectivity index (χ2v) is 8.70. The Morgan fingerprint density at radius 3 is 2.19 bits per heavy atom. The maximum Gasteiger partial charge on any atom is 0.337 e. The molecule has 36 heavy (non-hydrogen) atoms. The van der Waals surface area contributed by atoms with Gasteiger partial charge < -0.3 is 19.3 Å². The van der Waals surface area contributed by atoms with Gasteiger partial charge in [-0.2, -0.15) is 4.98 Å². The predicted octanol–water partition coefficient (Wildman–Crippen LogP) is 3.47. The number of benzene rings is 2. The molecule has 1 aromatic heterocycles. The number of hydrogen-bond donors (Lipinski definition) is 1. The summed E-state index contributed by atoms with van der Waals surface area (Å²) in [5, 5.41) is 6.91. The van der Waals surface area contributed by atoms with Crippen molar-refractivity contribution < 1.29 is 28.4 Å². The van der Waals surface area contributed by atoms with E-state index in [1.54, 1.807) is 0 Å². The lowest BCUT2D eigenvalue weighted by molar-refractivity contribution is -0.121. The van der Waals surface area contributed by atoms with Gasteiger partial charge in [-0.25, -0.2) is 9.59 Å². The van der Waals surface area contributed by atoms with E-state index in [1.807, 2.05) is 31.2 Å². The van der Waals surface area contributed by atoms with Gasteiger partial charge in [-0.15, -0.1) is 0 Å².